The maximum Gasteiger partial charge on any atom is 0.303 e. The van der Waals surface area contributed by atoms with E-state index in [1.165, 1.54) is 0 Å². The highest BCUT2D eigenvalue weighted by Crippen LogP contribution is 2.22. The maximum atomic E-state index is 10.3. The topological polar surface area (TPSA) is 63.3 Å². The number of halogens is 1. The van der Waals surface area contributed by atoms with Crippen LogP contribution in [-0.4, -0.2) is 17.1 Å². The number of aliphatic carboxylic acids is 1. The minimum absolute atomic E-state index is 0. The van der Waals surface area contributed by atoms with Crippen molar-refractivity contribution in [2.45, 2.75) is 33.2 Å². The summed E-state index contributed by atoms with van der Waals surface area (Å²) in [5, 5.41) is 8.44. The first-order chi connectivity index (χ1) is 4.36. The highest BCUT2D eigenvalue weighted by Gasteiger charge is 2.25. The third-order valence-electron chi connectivity index (χ3n) is 1.84. The summed E-state index contributed by atoms with van der Waals surface area (Å²) >= 11 is 0. The van der Waals surface area contributed by atoms with Crippen molar-refractivity contribution in [1.82, 2.24) is 0 Å². The van der Waals surface area contributed by atoms with Gasteiger partial charge in [-0.3, -0.25) is 4.79 Å². The van der Waals surface area contributed by atoms with Crippen LogP contribution in [0.4, 0.5) is 0 Å². The Kier molecular flexibility index (Phi) is 5.53. The Morgan fingerprint density at radius 2 is 2.00 bits per heavy atom. The Bertz CT molecular complexity index is 134. The molecular weight excluding hydrogens is 166 g/mol. The first-order valence-corrected chi connectivity index (χ1v) is 3.33. The molecule has 0 saturated carbocycles. The van der Waals surface area contributed by atoms with Crippen molar-refractivity contribution >= 4 is 18.4 Å². The molecule has 0 rings (SSSR count). The van der Waals surface area contributed by atoms with Gasteiger partial charge in [0.2, 0.25) is 0 Å². The average molecular weight is 182 g/mol. The SMILES string of the molecule is C[C@H](N)C(C)(C)CC(=O)O.Cl. The third-order valence-corrected chi connectivity index (χ3v) is 1.84. The lowest BCUT2D eigenvalue weighted by atomic mass is 9.83. The molecule has 11 heavy (non-hydrogen) atoms. The van der Waals surface area contributed by atoms with Gasteiger partial charge in [0.1, 0.15) is 0 Å². The second kappa shape index (κ2) is 4.57. The Balaban J connectivity index is 0. The van der Waals surface area contributed by atoms with E-state index < -0.39 is 5.97 Å². The fourth-order valence-electron chi connectivity index (χ4n) is 0.551. The number of hydrogen-bond donors (Lipinski definition) is 2. The van der Waals surface area contributed by atoms with Gasteiger partial charge in [-0.2, -0.15) is 0 Å². The summed E-state index contributed by atoms with van der Waals surface area (Å²) in [5.74, 6) is -0.790. The summed E-state index contributed by atoms with van der Waals surface area (Å²) in [6.07, 6.45) is 0.130. The molecule has 0 saturated heterocycles. The van der Waals surface area contributed by atoms with Crippen molar-refractivity contribution in [3.05, 3.63) is 0 Å². The van der Waals surface area contributed by atoms with E-state index in [1.807, 2.05) is 20.8 Å². The molecule has 0 aromatic heterocycles. The molecule has 0 aromatic rings. The van der Waals surface area contributed by atoms with Crippen LogP contribution in [0.2, 0.25) is 0 Å². The Labute approximate surface area is 73.4 Å². The zero-order chi connectivity index (χ0) is 8.36. The van der Waals surface area contributed by atoms with Gasteiger partial charge in [0, 0.05) is 6.04 Å². The monoisotopic (exact) mass is 181 g/mol. The van der Waals surface area contributed by atoms with E-state index in [0.717, 1.165) is 0 Å². The van der Waals surface area contributed by atoms with Gasteiger partial charge in [0.15, 0.2) is 0 Å². The van der Waals surface area contributed by atoms with Crippen molar-refractivity contribution in [3.8, 4) is 0 Å². The first-order valence-electron chi connectivity index (χ1n) is 3.33. The molecule has 0 radical (unpaired) electrons. The molecule has 0 fully saturated rings. The van der Waals surface area contributed by atoms with Crippen LogP contribution in [-0.2, 0) is 4.79 Å². The second-order valence-corrected chi connectivity index (χ2v) is 3.35. The summed E-state index contributed by atoms with van der Waals surface area (Å²) in [7, 11) is 0. The highest BCUT2D eigenvalue weighted by molar-refractivity contribution is 5.85. The summed E-state index contributed by atoms with van der Waals surface area (Å²) in [4.78, 5) is 10.3. The standard InChI is InChI=1S/C7H15NO2.ClH/c1-5(8)7(2,3)4-6(9)10;/h5H,4,8H2,1-3H3,(H,9,10);1H/t5-;/m0./s1. The molecular formula is C7H16ClNO2. The van der Waals surface area contributed by atoms with Gasteiger partial charge in [0.25, 0.3) is 0 Å². The van der Waals surface area contributed by atoms with Crippen molar-refractivity contribution in [3.63, 3.8) is 0 Å². The van der Waals surface area contributed by atoms with Gasteiger partial charge in [-0.25, -0.2) is 0 Å². The highest BCUT2D eigenvalue weighted by atomic mass is 35.5. The molecule has 0 amide bonds. The fraction of sp³-hybridized carbons (Fsp3) is 0.857. The van der Waals surface area contributed by atoms with Gasteiger partial charge in [-0.1, -0.05) is 13.8 Å². The molecule has 0 aromatic carbocycles. The van der Waals surface area contributed by atoms with Crippen LogP contribution < -0.4 is 5.73 Å². The Morgan fingerprint density at radius 1 is 1.64 bits per heavy atom. The number of carbonyl (C=O) groups is 1. The number of nitrogens with two attached hydrogens (primary N) is 1. The zero-order valence-electron chi connectivity index (χ0n) is 7.13. The van der Waals surface area contributed by atoms with E-state index in [-0.39, 0.29) is 30.3 Å². The van der Waals surface area contributed by atoms with Crippen LogP contribution in [0.25, 0.3) is 0 Å². The molecule has 4 heteroatoms. The lowest BCUT2D eigenvalue weighted by Gasteiger charge is -2.26. The normalized spacial score (nSPS) is 13.5. The lowest BCUT2D eigenvalue weighted by molar-refractivity contribution is -0.139. The predicted octanol–water partition coefficient (Wildman–Crippen LogP) is 1.26. The largest absolute Gasteiger partial charge is 0.481 e. The van der Waals surface area contributed by atoms with E-state index in [2.05, 4.69) is 0 Å². The summed E-state index contributed by atoms with van der Waals surface area (Å²) < 4.78 is 0. The van der Waals surface area contributed by atoms with Crippen LogP contribution in [0.15, 0.2) is 0 Å². The molecule has 0 unspecified atom stereocenters. The van der Waals surface area contributed by atoms with Gasteiger partial charge in [0.05, 0.1) is 6.42 Å². The number of rotatable bonds is 3. The van der Waals surface area contributed by atoms with Crippen LogP contribution >= 0.6 is 12.4 Å². The number of carboxylic acids is 1. The van der Waals surface area contributed by atoms with Crippen molar-refractivity contribution in [2.75, 3.05) is 0 Å². The number of hydrogen-bond acceptors (Lipinski definition) is 2. The average Bonchev–Trinajstić information content (AvgIpc) is 1.60. The fourth-order valence-corrected chi connectivity index (χ4v) is 0.551. The van der Waals surface area contributed by atoms with Gasteiger partial charge in [-0.15, -0.1) is 12.4 Å². The Hall–Kier alpha value is -0.280. The first kappa shape index (κ1) is 13.3. The minimum Gasteiger partial charge on any atom is -0.481 e. The molecule has 1 atom stereocenters. The third kappa shape index (κ3) is 5.04. The second-order valence-electron chi connectivity index (χ2n) is 3.35. The van der Waals surface area contributed by atoms with Crippen LogP contribution in [0.5, 0.6) is 0 Å². The predicted molar refractivity (Wildman–Crippen MR) is 46.9 cm³/mol. The maximum absolute atomic E-state index is 10.3. The van der Waals surface area contributed by atoms with E-state index in [1.54, 1.807) is 0 Å². The van der Waals surface area contributed by atoms with Gasteiger partial charge in [-0.05, 0) is 12.3 Å². The van der Waals surface area contributed by atoms with Crippen molar-refractivity contribution in [1.29, 1.82) is 0 Å². The molecule has 3 nitrogen and oxygen atoms in total. The summed E-state index contributed by atoms with van der Waals surface area (Å²) in [6, 6.07) is -0.0800. The van der Waals surface area contributed by atoms with E-state index in [4.69, 9.17) is 10.8 Å². The minimum atomic E-state index is -0.790. The summed E-state index contributed by atoms with van der Waals surface area (Å²) in [6.45, 7) is 5.53. The van der Waals surface area contributed by atoms with Gasteiger partial charge >= 0.3 is 5.97 Å². The number of carboxylic acid groups (broad SMARTS) is 1. The zero-order valence-corrected chi connectivity index (χ0v) is 7.94. The smallest absolute Gasteiger partial charge is 0.303 e. The van der Waals surface area contributed by atoms with Crippen LogP contribution in [0.1, 0.15) is 27.2 Å². The molecule has 0 spiro atoms. The Morgan fingerprint density at radius 3 is 2.09 bits per heavy atom. The van der Waals surface area contributed by atoms with Gasteiger partial charge < -0.3 is 10.8 Å². The molecule has 3 N–H and O–H groups in total. The molecule has 0 bridgehead atoms. The van der Waals surface area contributed by atoms with Crippen LogP contribution in [0, 0.1) is 5.41 Å². The lowest BCUT2D eigenvalue weighted by Crippen LogP contribution is -2.36. The molecule has 0 heterocycles. The van der Waals surface area contributed by atoms with E-state index >= 15 is 0 Å². The van der Waals surface area contributed by atoms with E-state index in [0.29, 0.717) is 0 Å². The van der Waals surface area contributed by atoms with Crippen LogP contribution in [0.3, 0.4) is 0 Å². The molecule has 0 aliphatic heterocycles. The summed E-state index contributed by atoms with van der Waals surface area (Å²) in [5.41, 5.74) is 5.26. The molecule has 0 aliphatic carbocycles. The molecule has 0 aliphatic rings. The van der Waals surface area contributed by atoms with Crippen molar-refractivity contribution in [2.24, 2.45) is 11.1 Å². The quantitative estimate of drug-likeness (QED) is 0.689. The van der Waals surface area contributed by atoms with Crippen molar-refractivity contribution < 1.29 is 9.90 Å². The van der Waals surface area contributed by atoms with E-state index in [9.17, 15) is 4.79 Å². The molecule has 68 valence electrons.